The van der Waals surface area contributed by atoms with Gasteiger partial charge in [0.05, 0.1) is 28.8 Å². The largest absolute Gasteiger partial charge is 0.461 e. The highest BCUT2D eigenvalue weighted by molar-refractivity contribution is 6.01. The van der Waals surface area contributed by atoms with Gasteiger partial charge < -0.3 is 19.7 Å². The van der Waals surface area contributed by atoms with Crippen LogP contribution in [0.3, 0.4) is 0 Å². The van der Waals surface area contributed by atoms with Crippen molar-refractivity contribution in [3.63, 3.8) is 0 Å². The molecule has 4 fully saturated rings. The first-order valence-corrected chi connectivity index (χ1v) is 18.2. The second-order valence-corrected chi connectivity index (χ2v) is 16.1. The van der Waals surface area contributed by atoms with E-state index in [1.165, 1.54) is 6.07 Å². The van der Waals surface area contributed by atoms with Crippen molar-refractivity contribution in [2.75, 3.05) is 31.2 Å². The van der Waals surface area contributed by atoms with E-state index in [1.807, 2.05) is 18.2 Å². The van der Waals surface area contributed by atoms with Gasteiger partial charge in [0, 0.05) is 36.3 Å². The van der Waals surface area contributed by atoms with Gasteiger partial charge in [-0.1, -0.05) is 24.3 Å². The molecule has 7 heterocycles. The summed E-state index contributed by atoms with van der Waals surface area (Å²) in [5, 5.41) is 6.02. The van der Waals surface area contributed by atoms with Crippen LogP contribution < -0.4 is 15.0 Å². The van der Waals surface area contributed by atoms with Crippen molar-refractivity contribution in [1.29, 1.82) is 0 Å². The number of rotatable bonds is 6. The molecule has 258 valence electrons. The van der Waals surface area contributed by atoms with E-state index in [0.29, 0.717) is 59.7 Å². The van der Waals surface area contributed by atoms with Crippen molar-refractivity contribution >= 4 is 27.5 Å². The Hall–Kier alpha value is -3.47. The molecule has 49 heavy (non-hydrogen) atoms. The Labute approximate surface area is 286 Å². The van der Waals surface area contributed by atoms with Gasteiger partial charge >= 0.3 is 6.01 Å². The lowest BCUT2D eigenvalue weighted by molar-refractivity contribution is -0.0377. The van der Waals surface area contributed by atoms with Crippen molar-refractivity contribution in [3.8, 4) is 17.3 Å². The molecule has 0 spiro atoms. The number of anilines is 1. The molecule has 1 N–H and O–H groups in total. The first kappa shape index (κ1) is 31.5. The van der Waals surface area contributed by atoms with Crippen LogP contribution in [-0.2, 0) is 11.2 Å². The van der Waals surface area contributed by atoms with E-state index in [4.69, 9.17) is 24.4 Å². The third-order valence-corrected chi connectivity index (χ3v) is 12.0. The second kappa shape index (κ2) is 11.5. The minimum atomic E-state index is -0.513. The summed E-state index contributed by atoms with van der Waals surface area (Å²) in [6, 6.07) is 10.4. The zero-order chi connectivity index (χ0) is 33.7. The molecule has 4 saturated heterocycles. The Morgan fingerprint density at radius 3 is 2.73 bits per heavy atom. The number of nitrogens with zero attached hydrogens (tertiary/aromatic N) is 5. The van der Waals surface area contributed by atoms with Crippen LogP contribution >= 0.6 is 0 Å². The Morgan fingerprint density at radius 2 is 1.88 bits per heavy atom. The Kier molecular flexibility index (Phi) is 7.42. The van der Waals surface area contributed by atoms with Gasteiger partial charge in [0.15, 0.2) is 5.82 Å². The van der Waals surface area contributed by atoms with Crippen molar-refractivity contribution in [3.05, 3.63) is 53.2 Å². The zero-order valence-corrected chi connectivity index (χ0v) is 29.0. The molecule has 2 bridgehead atoms. The summed E-state index contributed by atoms with van der Waals surface area (Å²) in [4.78, 5) is 20.0. The number of aryl methyl sites for hydroxylation is 2. The average Bonchev–Trinajstić information content (AvgIpc) is 3.75. The summed E-state index contributed by atoms with van der Waals surface area (Å²) in [5.41, 5.74) is 2.00. The summed E-state index contributed by atoms with van der Waals surface area (Å²) in [5.74, 6) is -0.100. The highest BCUT2D eigenvalue weighted by Gasteiger charge is 2.50. The number of nitrogens with one attached hydrogen (secondary N) is 1. The maximum atomic E-state index is 17.2. The molecular formula is C39H46F2N6O2. The Balaban J connectivity index is 1.15. The van der Waals surface area contributed by atoms with Gasteiger partial charge in [-0.3, -0.25) is 4.90 Å². The highest BCUT2D eigenvalue weighted by Crippen LogP contribution is 2.45. The Morgan fingerprint density at radius 1 is 1.00 bits per heavy atom. The summed E-state index contributed by atoms with van der Waals surface area (Å²) in [6.45, 7) is 11.0. The number of ether oxygens (including phenoxy) is 2. The van der Waals surface area contributed by atoms with Gasteiger partial charge in [0.1, 0.15) is 29.5 Å². The molecule has 2 aromatic carbocycles. The lowest BCUT2D eigenvalue weighted by Crippen LogP contribution is -2.58. The first-order chi connectivity index (χ1) is 23.6. The molecule has 5 aliphatic rings. The molecule has 0 amide bonds. The molecule has 2 aromatic heterocycles. The molecule has 0 radical (unpaired) electrons. The third-order valence-electron chi connectivity index (χ3n) is 12.0. The van der Waals surface area contributed by atoms with Crippen LogP contribution in [0.5, 0.6) is 6.01 Å². The molecule has 0 unspecified atom stereocenters. The quantitative estimate of drug-likeness (QED) is 0.239. The van der Waals surface area contributed by atoms with E-state index in [2.05, 4.69) is 35.9 Å². The van der Waals surface area contributed by atoms with E-state index in [9.17, 15) is 4.39 Å². The van der Waals surface area contributed by atoms with E-state index in [1.54, 1.807) is 13.0 Å². The normalized spacial score (nSPS) is 27.9. The highest BCUT2D eigenvalue weighted by atomic mass is 19.1. The van der Waals surface area contributed by atoms with Gasteiger partial charge in [0.25, 0.3) is 0 Å². The van der Waals surface area contributed by atoms with E-state index in [0.717, 1.165) is 74.9 Å². The topological polar surface area (TPSA) is 75.6 Å². The van der Waals surface area contributed by atoms with Crippen molar-refractivity contribution < 1.29 is 18.3 Å². The van der Waals surface area contributed by atoms with E-state index >= 15 is 4.39 Å². The zero-order valence-electron chi connectivity index (χ0n) is 29.0. The number of fused-ring (bicyclic) bond motifs is 7. The van der Waals surface area contributed by atoms with Gasteiger partial charge in [-0.25, -0.2) is 13.8 Å². The number of hydrogen-bond donors (Lipinski definition) is 1. The number of hydrogen-bond acceptors (Lipinski definition) is 8. The minimum absolute atomic E-state index is 0.104. The van der Waals surface area contributed by atoms with Crippen LogP contribution in [0.2, 0.25) is 0 Å². The molecule has 9 rings (SSSR count). The molecule has 0 aliphatic carbocycles. The van der Waals surface area contributed by atoms with Gasteiger partial charge in [-0.05, 0) is 108 Å². The molecule has 4 aromatic rings. The van der Waals surface area contributed by atoms with Crippen LogP contribution in [0, 0.1) is 18.6 Å². The molecule has 5 aliphatic heterocycles. The average molecular weight is 669 g/mol. The van der Waals surface area contributed by atoms with Gasteiger partial charge in [-0.2, -0.15) is 9.97 Å². The number of piperazine rings is 1. The predicted molar refractivity (Wildman–Crippen MR) is 187 cm³/mol. The van der Waals surface area contributed by atoms with Gasteiger partial charge in [0.2, 0.25) is 0 Å². The summed E-state index contributed by atoms with van der Waals surface area (Å²) >= 11 is 0. The Bertz CT molecular complexity index is 1960. The number of benzene rings is 2. The smallest absolute Gasteiger partial charge is 0.319 e. The van der Waals surface area contributed by atoms with E-state index in [-0.39, 0.29) is 40.2 Å². The summed E-state index contributed by atoms with van der Waals surface area (Å²) in [6.07, 6.45) is 8.05. The van der Waals surface area contributed by atoms with Crippen LogP contribution in [0.1, 0.15) is 77.0 Å². The fraction of sp³-hybridized carbons (Fsp3) is 0.564. The summed E-state index contributed by atoms with van der Waals surface area (Å²) < 4.78 is 44.9. The van der Waals surface area contributed by atoms with Crippen molar-refractivity contribution in [1.82, 2.24) is 25.2 Å². The van der Waals surface area contributed by atoms with Crippen LogP contribution in [-0.4, -0.2) is 81.5 Å². The first-order valence-electron chi connectivity index (χ1n) is 18.2. The predicted octanol–water partition coefficient (Wildman–Crippen LogP) is 6.88. The molecule has 5 atom stereocenters. The monoisotopic (exact) mass is 668 g/mol. The fourth-order valence-corrected chi connectivity index (χ4v) is 9.68. The number of aromatic nitrogens is 3. The molecule has 0 saturated carbocycles. The molecule has 10 heteroatoms. The third kappa shape index (κ3) is 5.19. The minimum Gasteiger partial charge on any atom is -0.461 e. The van der Waals surface area contributed by atoms with Crippen molar-refractivity contribution in [2.45, 2.75) is 114 Å². The second-order valence-electron chi connectivity index (χ2n) is 16.1. The maximum Gasteiger partial charge on any atom is 0.319 e. The van der Waals surface area contributed by atoms with Crippen molar-refractivity contribution in [2.24, 2.45) is 0 Å². The molecular weight excluding hydrogens is 622 g/mol. The summed E-state index contributed by atoms with van der Waals surface area (Å²) in [7, 11) is 0. The van der Waals surface area contributed by atoms with Crippen LogP contribution in [0.25, 0.3) is 32.9 Å². The standard InChI is InChI=1S/C39H46F2N6O2/c1-22-27(40)11-9-23-7-5-8-26(31(22)23)34-33(41)35-32-29(43-34)13-14-30-28-12-10-24(42-28)19-46(30)36(32)45-37(44-35)48-21-39-16-6-18-47(39)25(15-17-39)20-49-38(2,3)4/h5,7-9,11,24-25,28,30,42H,6,10,12-21H2,1-4H3/t24-,25-,28+,30+,39-/m0/s1. The lowest BCUT2D eigenvalue weighted by Gasteiger charge is -2.41. The van der Waals surface area contributed by atoms with E-state index < -0.39 is 5.82 Å². The maximum absolute atomic E-state index is 17.2. The molecule has 8 nitrogen and oxygen atoms in total. The number of pyridine rings is 1. The van der Waals surface area contributed by atoms with Gasteiger partial charge in [-0.15, -0.1) is 0 Å². The lowest BCUT2D eigenvalue weighted by atomic mass is 9.95. The van der Waals surface area contributed by atoms with Crippen LogP contribution in [0.4, 0.5) is 14.6 Å². The van der Waals surface area contributed by atoms with Crippen LogP contribution in [0.15, 0.2) is 30.3 Å². The number of halogens is 2. The fourth-order valence-electron chi connectivity index (χ4n) is 9.68. The SMILES string of the molecule is Cc1c(F)ccc2cccc(-c3nc4c5c(nc(OC[C@@]67CCCN6[C@H](COC(C)(C)C)CC7)nc5c3F)N3C[C@@H]5CC[C@@H](N5)[C@H]3CC4)c12.